The molecule has 0 radical (unpaired) electrons. The molecule has 0 spiro atoms. The Morgan fingerprint density at radius 1 is 1.19 bits per heavy atom. The zero-order valence-corrected chi connectivity index (χ0v) is 13.4. The van der Waals surface area contributed by atoms with Crippen molar-refractivity contribution in [1.29, 1.82) is 0 Å². The van der Waals surface area contributed by atoms with Gasteiger partial charge >= 0.3 is 0 Å². The maximum atomic E-state index is 5.82. The molecule has 4 nitrogen and oxygen atoms in total. The van der Waals surface area contributed by atoms with Crippen LogP contribution in [0, 0.1) is 0 Å². The van der Waals surface area contributed by atoms with Crippen molar-refractivity contribution in [2.75, 3.05) is 34.5 Å². The van der Waals surface area contributed by atoms with Crippen LogP contribution in [0.5, 0.6) is 11.5 Å². The van der Waals surface area contributed by atoms with E-state index in [1.165, 1.54) is 4.88 Å². The van der Waals surface area contributed by atoms with Crippen LogP contribution in [0.3, 0.4) is 0 Å². The largest absolute Gasteiger partial charge is 0.496 e. The van der Waals surface area contributed by atoms with Gasteiger partial charge in [0.25, 0.3) is 0 Å². The standard InChI is InChI=1S/C16H21NO3S/c1-17-16(15-10-12(19-3)11-21-15)13-6-4-5-7-14(13)20-9-8-18-2/h4-7,10-11,16-17H,8-9H2,1-3H3. The number of hydrogen-bond donors (Lipinski definition) is 1. The second-order valence-electron chi connectivity index (χ2n) is 4.49. The first kappa shape index (κ1) is 15.8. The fourth-order valence-electron chi connectivity index (χ4n) is 2.13. The molecule has 0 fully saturated rings. The summed E-state index contributed by atoms with van der Waals surface area (Å²) < 4.78 is 16.1. The van der Waals surface area contributed by atoms with Crippen LogP contribution in [-0.2, 0) is 4.74 Å². The lowest BCUT2D eigenvalue weighted by Crippen LogP contribution is -2.18. The molecular weight excluding hydrogens is 286 g/mol. The fraction of sp³-hybridized carbons (Fsp3) is 0.375. The van der Waals surface area contributed by atoms with Crippen molar-refractivity contribution < 1.29 is 14.2 Å². The highest BCUT2D eigenvalue weighted by Gasteiger charge is 2.18. The summed E-state index contributed by atoms with van der Waals surface area (Å²) in [7, 11) is 5.30. The third-order valence-corrected chi connectivity index (χ3v) is 4.16. The third-order valence-electron chi connectivity index (χ3n) is 3.18. The Hall–Kier alpha value is -1.56. The van der Waals surface area contributed by atoms with E-state index in [9.17, 15) is 0 Å². The van der Waals surface area contributed by atoms with E-state index in [1.54, 1.807) is 25.6 Å². The number of nitrogens with one attached hydrogen (secondary N) is 1. The van der Waals surface area contributed by atoms with E-state index in [0.29, 0.717) is 13.2 Å². The number of rotatable bonds is 8. The summed E-state index contributed by atoms with van der Waals surface area (Å²) in [5.74, 6) is 1.76. The predicted octanol–water partition coefficient (Wildman–Crippen LogP) is 3.09. The average Bonchev–Trinajstić information content (AvgIpc) is 2.98. The van der Waals surface area contributed by atoms with Gasteiger partial charge in [0, 0.05) is 22.9 Å². The van der Waals surface area contributed by atoms with Gasteiger partial charge in [0.05, 0.1) is 19.8 Å². The minimum atomic E-state index is 0.0812. The van der Waals surface area contributed by atoms with E-state index in [0.717, 1.165) is 17.1 Å². The molecule has 2 aromatic rings. The van der Waals surface area contributed by atoms with E-state index < -0.39 is 0 Å². The van der Waals surface area contributed by atoms with Gasteiger partial charge in [0.1, 0.15) is 18.1 Å². The molecule has 5 heteroatoms. The van der Waals surface area contributed by atoms with Gasteiger partial charge in [-0.05, 0) is 19.2 Å². The van der Waals surface area contributed by atoms with Gasteiger partial charge in [-0.1, -0.05) is 18.2 Å². The first-order chi connectivity index (χ1) is 10.3. The first-order valence-electron chi connectivity index (χ1n) is 6.80. The van der Waals surface area contributed by atoms with Crippen LogP contribution in [0.25, 0.3) is 0 Å². The number of methoxy groups -OCH3 is 2. The van der Waals surface area contributed by atoms with Crippen molar-refractivity contribution >= 4 is 11.3 Å². The maximum absolute atomic E-state index is 5.82. The van der Waals surface area contributed by atoms with Gasteiger partial charge < -0.3 is 19.5 Å². The summed E-state index contributed by atoms with van der Waals surface area (Å²) in [5, 5.41) is 5.35. The second kappa shape index (κ2) is 8.02. The molecule has 1 aromatic carbocycles. The molecule has 0 bridgehead atoms. The predicted molar refractivity (Wildman–Crippen MR) is 85.6 cm³/mol. The minimum Gasteiger partial charge on any atom is -0.496 e. The molecule has 0 aliphatic carbocycles. The van der Waals surface area contributed by atoms with Gasteiger partial charge in [-0.3, -0.25) is 0 Å². The highest BCUT2D eigenvalue weighted by Crippen LogP contribution is 2.34. The summed E-state index contributed by atoms with van der Waals surface area (Å²) in [6, 6.07) is 10.2. The summed E-state index contributed by atoms with van der Waals surface area (Å²) >= 11 is 1.67. The van der Waals surface area contributed by atoms with E-state index in [1.807, 2.05) is 30.6 Å². The molecule has 1 aromatic heterocycles. The summed E-state index contributed by atoms with van der Waals surface area (Å²) in [6.07, 6.45) is 0. The van der Waals surface area contributed by atoms with E-state index in [4.69, 9.17) is 14.2 Å². The second-order valence-corrected chi connectivity index (χ2v) is 5.43. The number of hydrogen-bond acceptors (Lipinski definition) is 5. The minimum absolute atomic E-state index is 0.0812. The Morgan fingerprint density at radius 3 is 2.67 bits per heavy atom. The molecule has 1 N–H and O–H groups in total. The van der Waals surface area contributed by atoms with Crippen LogP contribution in [0.15, 0.2) is 35.7 Å². The van der Waals surface area contributed by atoms with Crippen molar-refractivity contribution in [3.63, 3.8) is 0 Å². The average molecular weight is 307 g/mol. The zero-order chi connectivity index (χ0) is 15.1. The molecule has 0 saturated heterocycles. The highest BCUT2D eigenvalue weighted by atomic mass is 32.1. The van der Waals surface area contributed by atoms with Crippen molar-refractivity contribution in [2.24, 2.45) is 0 Å². The van der Waals surface area contributed by atoms with Crippen LogP contribution < -0.4 is 14.8 Å². The molecule has 0 saturated carbocycles. The van der Waals surface area contributed by atoms with Crippen LogP contribution in [0.1, 0.15) is 16.5 Å². The van der Waals surface area contributed by atoms with E-state index in [-0.39, 0.29) is 6.04 Å². The summed E-state index contributed by atoms with van der Waals surface area (Å²) in [5.41, 5.74) is 1.11. The van der Waals surface area contributed by atoms with Gasteiger partial charge in [0.15, 0.2) is 0 Å². The van der Waals surface area contributed by atoms with Crippen molar-refractivity contribution in [3.8, 4) is 11.5 Å². The molecule has 1 unspecified atom stereocenters. The lowest BCUT2D eigenvalue weighted by Gasteiger charge is -2.19. The molecule has 1 heterocycles. The van der Waals surface area contributed by atoms with Crippen LogP contribution in [0.4, 0.5) is 0 Å². The number of ether oxygens (including phenoxy) is 3. The Bertz CT molecular complexity index is 556. The van der Waals surface area contributed by atoms with Gasteiger partial charge in [-0.2, -0.15) is 0 Å². The van der Waals surface area contributed by atoms with Crippen LogP contribution >= 0.6 is 11.3 Å². The molecular formula is C16H21NO3S. The highest BCUT2D eigenvalue weighted by molar-refractivity contribution is 7.10. The number of thiophene rings is 1. The van der Waals surface area contributed by atoms with Crippen LogP contribution in [-0.4, -0.2) is 34.5 Å². The van der Waals surface area contributed by atoms with Crippen molar-refractivity contribution in [1.82, 2.24) is 5.32 Å². The normalized spacial score (nSPS) is 12.1. The summed E-state index contributed by atoms with van der Waals surface area (Å²) in [6.45, 7) is 1.11. The Labute approximate surface area is 129 Å². The topological polar surface area (TPSA) is 39.7 Å². The monoisotopic (exact) mass is 307 g/mol. The lowest BCUT2D eigenvalue weighted by molar-refractivity contribution is 0.145. The molecule has 0 amide bonds. The molecule has 0 aliphatic heterocycles. The molecule has 21 heavy (non-hydrogen) atoms. The maximum Gasteiger partial charge on any atom is 0.129 e. The molecule has 2 rings (SSSR count). The van der Waals surface area contributed by atoms with Crippen LogP contribution in [0.2, 0.25) is 0 Å². The molecule has 114 valence electrons. The Balaban J connectivity index is 2.24. The number of para-hydroxylation sites is 1. The quantitative estimate of drug-likeness (QED) is 0.761. The zero-order valence-electron chi connectivity index (χ0n) is 12.6. The van der Waals surface area contributed by atoms with Crippen molar-refractivity contribution in [2.45, 2.75) is 6.04 Å². The van der Waals surface area contributed by atoms with E-state index in [2.05, 4.69) is 17.4 Å². The van der Waals surface area contributed by atoms with Gasteiger partial charge in [0.2, 0.25) is 0 Å². The van der Waals surface area contributed by atoms with Crippen molar-refractivity contribution in [3.05, 3.63) is 46.2 Å². The third kappa shape index (κ3) is 3.97. The molecule has 0 aliphatic rings. The first-order valence-corrected chi connectivity index (χ1v) is 7.68. The Morgan fingerprint density at radius 2 is 2.00 bits per heavy atom. The SMILES string of the molecule is CNC(c1cc(OC)cs1)c1ccccc1OCCOC. The van der Waals surface area contributed by atoms with Gasteiger partial charge in [-0.15, -0.1) is 11.3 Å². The smallest absolute Gasteiger partial charge is 0.129 e. The van der Waals surface area contributed by atoms with E-state index >= 15 is 0 Å². The number of benzene rings is 1. The van der Waals surface area contributed by atoms with Gasteiger partial charge in [-0.25, -0.2) is 0 Å². The lowest BCUT2D eigenvalue weighted by atomic mass is 10.0. The Kier molecular flexibility index (Phi) is 6.04. The fourth-order valence-corrected chi connectivity index (χ4v) is 3.11. The summed E-state index contributed by atoms with van der Waals surface area (Å²) in [4.78, 5) is 1.19. The molecule has 1 atom stereocenters.